The lowest BCUT2D eigenvalue weighted by Gasteiger charge is -2.10. The minimum atomic E-state index is -1.63. The summed E-state index contributed by atoms with van der Waals surface area (Å²) in [4.78, 5) is 22.7. The quantitative estimate of drug-likeness (QED) is 0.827. The maximum absolute atomic E-state index is 13.3. The zero-order valence-electron chi connectivity index (χ0n) is 9.30. The van der Waals surface area contributed by atoms with E-state index < -0.39 is 35.0 Å². The van der Waals surface area contributed by atoms with Crippen LogP contribution in [0.25, 0.3) is 0 Å². The van der Waals surface area contributed by atoms with Gasteiger partial charge in [-0.1, -0.05) is 0 Å². The van der Waals surface area contributed by atoms with Crippen LogP contribution in [0, 0.1) is 23.4 Å². The molecule has 1 saturated carbocycles. The van der Waals surface area contributed by atoms with Crippen LogP contribution in [0.4, 0.5) is 18.9 Å². The molecule has 0 aromatic heterocycles. The van der Waals surface area contributed by atoms with Crippen molar-refractivity contribution >= 4 is 17.4 Å². The molecule has 1 fully saturated rings. The molecule has 1 atom stereocenters. The SMILES string of the molecule is O=C1CCC(C(=O)Nc2ccc(F)c(F)c2F)C1. The van der Waals surface area contributed by atoms with Gasteiger partial charge in [0, 0.05) is 18.8 Å². The Hall–Kier alpha value is -1.85. The van der Waals surface area contributed by atoms with Gasteiger partial charge in [-0.25, -0.2) is 13.2 Å². The number of benzene rings is 1. The highest BCUT2D eigenvalue weighted by atomic mass is 19.2. The van der Waals surface area contributed by atoms with Gasteiger partial charge in [-0.15, -0.1) is 0 Å². The normalized spacial score (nSPS) is 19.1. The second kappa shape index (κ2) is 4.80. The molecular weight excluding hydrogens is 247 g/mol. The molecule has 0 aliphatic heterocycles. The van der Waals surface area contributed by atoms with Crippen LogP contribution in [-0.2, 0) is 9.59 Å². The number of carbonyl (C=O) groups is 2. The number of halogens is 3. The third kappa shape index (κ3) is 2.37. The molecule has 1 N–H and O–H groups in total. The molecule has 0 radical (unpaired) electrons. The van der Waals surface area contributed by atoms with Crippen molar-refractivity contribution in [1.82, 2.24) is 0 Å². The molecule has 18 heavy (non-hydrogen) atoms. The first-order valence-corrected chi connectivity index (χ1v) is 5.45. The van der Waals surface area contributed by atoms with Crippen LogP contribution in [0.15, 0.2) is 12.1 Å². The predicted octanol–water partition coefficient (Wildman–Crippen LogP) is 2.41. The van der Waals surface area contributed by atoms with E-state index in [9.17, 15) is 22.8 Å². The van der Waals surface area contributed by atoms with E-state index >= 15 is 0 Å². The van der Waals surface area contributed by atoms with Crippen LogP contribution in [0.5, 0.6) is 0 Å². The van der Waals surface area contributed by atoms with Crippen molar-refractivity contribution < 1.29 is 22.8 Å². The second-order valence-corrected chi connectivity index (χ2v) is 4.19. The maximum Gasteiger partial charge on any atom is 0.228 e. The molecule has 1 aromatic carbocycles. The van der Waals surface area contributed by atoms with Gasteiger partial charge in [0.2, 0.25) is 5.91 Å². The zero-order valence-corrected chi connectivity index (χ0v) is 9.30. The average molecular weight is 257 g/mol. The Morgan fingerprint density at radius 3 is 2.56 bits per heavy atom. The summed E-state index contributed by atoms with van der Waals surface area (Å²) in [5.74, 6) is -5.49. The molecule has 1 unspecified atom stereocenters. The number of rotatable bonds is 2. The van der Waals surface area contributed by atoms with Gasteiger partial charge in [0.25, 0.3) is 0 Å². The van der Waals surface area contributed by atoms with Gasteiger partial charge in [0.15, 0.2) is 17.5 Å². The topological polar surface area (TPSA) is 46.2 Å². The number of carbonyl (C=O) groups excluding carboxylic acids is 2. The van der Waals surface area contributed by atoms with Crippen LogP contribution in [0.2, 0.25) is 0 Å². The number of nitrogens with one attached hydrogen (secondary N) is 1. The molecular formula is C12H10F3NO2. The van der Waals surface area contributed by atoms with E-state index in [2.05, 4.69) is 5.32 Å². The van der Waals surface area contributed by atoms with E-state index in [1.165, 1.54) is 0 Å². The fraction of sp³-hybridized carbons (Fsp3) is 0.333. The smallest absolute Gasteiger partial charge is 0.228 e. The number of ketones is 1. The first-order valence-electron chi connectivity index (χ1n) is 5.45. The molecule has 3 nitrogen and oxygen atoms in total. The van der Waals surface area contributed by atoms with Gasteiger partial charge < -0.3 is 5.32 Å². The Labute approximate surface area is 101 Å². The second-order valence-electron chi connectivity index (χ2n) is 4.19. The lowest BCUT2D eigenvalue weighted by atomic mass is 10.1. The molecule has 1 amide bonds. The molecule has 0 saturated heterocycles. The summed E-state index contributed by atoms with van der Waals surface area (Å²) in [7, 11) is 0. The third-order valence-electron chi connectivity index (χ3n) is 2.91. The Kier molecular flexibility index (Phi) is 3.36. The molecule has 1 aliphatic carbocycles. The Morgan fingerprint density at radius 2 is 1.94 bits per heavy atom. The summed E-state index contributed by atoms with van der Waals surface area (Å²) in [6.07, 6.45) is 0.825. The Morgan fingerprint density at radius 1 is 1.22 bits per heavy atom. The number of hydrogen-bond acceptors (Lipinski definition) is 2. The van der Waals surface area contributed by atoms with Crippen molar-refractivity contribution in [3.05, 3.63) is 29.6 Å². The first-order chi connectivity index (χ1) is 8.49. The number of anilines is 1. The molecule has 1 aliphatic rings. The summed E-state index contributed by atoms with van der Waals surface area (Å²) in [6.45, 7) is 0. The van der Waals surface area contributed by atoms with E-state index in [4.69, 9.17) is 0 Å². The van der Waals surface area contributed by atoms with Crippen molar-refractivity contribution in [3.8, 4) is 0 Å². The standard InChI is InChI=1S/C12H10F3NO2/c13-8-3-4-9(11(15)10(8)14)16-12(18)6-1-2-7(17)5-6/h3-4,6H,1-2,5H2,(H,16,18). The van der Waals surface area contributed by atoms with Crippen molar-refractivity contribution in [3.63, 3.8) is 0 Å². The highest BCUT2D eigenvalue weighted by Gasteiger charge is 2.29. The highest BCUT2D eigenvalue weighted by molar-refractivity contribution is 5.97. The molecule has 96 valence electrons. The van der Waals surface area contributed by atoms with Crippen molar-refractivity contribution in [2.24, 2.45) is 5.92 Å². The fourth-order valence-electron chi connectivity index (χ4n) is 1.90. The summed E-state index contributed by atoms with van der Waals surface area (Å²) < 4.78 is 38.9. The average Bonchev–Trinajstić information content (AvgIpc) is 2.77. The summed E-state index contributed by atoms with van der Waals surface area (Å²) >= 11 is 0. The summed E-state index contributed by atoms with van der Waals surface area (Å²) in [6, 6.07) is 1.68. The van der Waals surface area contributed by atoms with Gasteiger partial charge >= 0.3 is 0 Å². The third-order valence-corrected chi connectivity index (χ3v) is 2.91. The van der Waals surface area contributed by atoms with E-state index in [0.717, 1.165) is 12.1 Å². The molecule has 0 spiro atoms. The van der Waals surface area contributed by atoms with Crippen LogP contribution < -0.4 is 5.32 Å². The molecule has 0 bridgehead atoms. The Bertz CT molecular complexity index is 516. The maximum atomic E-state index is 13.3. The van der Waals surface area contributed by atoms with Gasteiger partial charge in [-0.05, 0) is 18.6 Å². The molecule has 2 rings (SSSR count). The van der Waals surface area contributed by atoms with E-state index in [-0.39, 0.29) is 12.2 Å². The molecule has 1 aromatic rings. The minimum absolute atomic E-state index is 0.0269. The fourth-order valence-corrected chi connectivity index (χ4v) is 1.90. The largest absolute Gasteiger partial charge is 0.323 e. The van der Waals surface area contributed by atoms with Crippen LogP contribution in [-0.4, -0.2) is 11.7 Å². The van der Waals surface area contributed by atoms with Crippen LogP contribution >= 0.6 is 0 Å². The van der Waals surface area contributed by atoms with Crippen molar-refractivity contribution in [2.75, 3.05) is 5.32 Å². The summed E-state index contributed by atoms with van der Waals surface area (Å²) in [5.41, 5.74) is -0.418. The lowest BCUT2D eigenvalue weighted by Crippen LogP contribution is -2.21. The number of amides is 1. The molecule has 6 heteroatoms. The zero-order chi connectivity index (χ0) is 13.3. The number of hydrogen-bond donors (Lipinski definition) is 1. The monoisotopic (exact) mass is 257 g/mol. The lowest BCUT2D eigenvalue weighted by molar-refractivity contribution is -0.122. The van der Waals surface area contributed by atoms with Crippen LogP contribution in [0.3, 0.4) is 0 Å². The van der Waals surface area contributed by atoms with E-state index in [1.807, 2.05) is 0 Å². The minimum Gasteiger partial charge on any atom is -0.323 e. The molecule has 0 heterocycles. The summed E-state index contributed by atoms with van der Waals surface area (Å²) in [5, 5.41) is 2.17. The van der Waals surface area contributed by atoms with Gasteiger partial charge in [0.1, 0.15) is 5.78 Å². The number of Topliss-reactive ketones (excluding diaryl/α,β-unsaturated/α-hetero) is 1. The Balaban J connectivity index is 2.12. The highest BCUT2D eigenvalue weighted by Crippen LogP contribution is 2.25. The van der Waals surface area contributed by atoms with Gasteiger partial charge in [0.05, 0.1) is 5.69 Å². The van der Waals surface area contributed by atoms with E-state index in [0.29, 0.717) is 12.8 Å². The van der Waals surface area contributed by atoms with Crippen LogP contribution in [0.1, 0.15) is 19.3 Å². The van der Waals surface area contributed by atoms with Gasteiger partial charge in [-0.2, -0.15) is 0 Å². The van der Waals surface area contributed by atoms with Crippen molar-refractivity contribution in [1.29, 1.82) is 0 Å². The van der Waals surface area contributed by atoms with E-state index in [1.54, 1.807) is 0 Å². The predicted molar refractivity (Wildman–Crippen MR) is 57.3 cm³/mol. The van der Waals surface area contributed by atoms with Gasteiger partial charge in [-0.3, -0.25) is 9.59 Å². The first kappa shape index (κ1) is 12.6. The van der Waals surface area contributed by atoms with Crippen molar-refractivity contribution in [2.45, 2.75) is 19.3 Å².